The predicted molar refractivity (Wildman–Crippen MR) is 138 cm³/mol. The second-order valence-electron chi connectivity index (χ2n) is 8.74. The van der Waals surface area contributed by atoms with Crippen LogP contribution in [0, 0.1) is 0 Å². The minimum Gasteiger partial charge on any atom is -0.476 e. The molecular formula is C26H26N2O6S2. The summed E-state index contributed by atoms with van der Waals surface area (Å²) in [6.07, 6.45) is 2.50. The van der Waals surface area contributed by atoms with Gasteiger partial charge >= 0.3 is 5.97 Å². The van der Waals surface area contributed by atoms with Crippen LogP contribution in [-0.2, 0) is 38.1 Å². The molecule has 0 fully saturated rings. The molecule has 1 aromatic heterocycles. The molecule has 0 radical (unpaired) electrons. The summed E-state index contributed by atoms with van der Waals surface area (Å²) < 4.78 is 39.0. The van der Waals surface area contributed by atoms with E-state index < -0.39 is 28.0 Å². The average molecular weight is 527 g/mol. The van der Waals surface area contributed by atoms with Crippen molar-refractivity contribution in [1.29, 1.82) is 0 Å². The molecule has 1 aliphatic carbocycles. The van der Waals surface area contributed by atoms with E-state index in [9.17, 15) is 18.0 Å². The maximum atomic E-state index is 13.4. The number of nitrogens with one attached hydrogen (secondary N) is 1. The van der Waals surface area contributed by atoms with Crippen molar-refractivity contribution in [3.05, 3.63) is 76.2 Å². The van der Waals surface area contributed by atoms with Gasteiger partial charge in [0, 0.05) is 4.88 Å². The Hall–Kier alpha value is -3.37. The number of esters is 1. The number of carbonyl (C=O) groups excluding carboxylic acids is 2. The molecule has 2 aromatic carbocycles. The molecule has 2 heterocycles. The molecule has 36 heavy (non-hydrogen) atoms. The highest BCUT2D eigenvalue weighted by atomic mass is 32.2. The summed E-state index contributed by atoms with van der Waals surface area (Å²) in [5.41, 5.74) is 2.35. The Bertz CT molecular complexity index is 1400. The smallest absolute Gasteiger partial charge is 0.341 e. The van der Waals surface area contributed by atoms with Crippen LogP contribution in [0.25, 0.3) is 0 Å². The molecule has 0 saturated heterocycles. The number of sulfonamides is 1. The molecule has 1 N–H and O–H groups in total. The van der Waals surface area contributed by atoms with E-state index in [1.165, 1.54) is 22.8 Å². The van der Waals surface area contributed by atoms with E-state index in [0.29, 0.717) is 27.6 Å². The van der Waals surface area contributed by atoms with Crippen LogP contribution in [0.2, 0.25) is 0 Å². The lowest BCUT2D eigenvalue weighted by atomic mass is 9.95. The van der Waals surface area contributed by atoms with Gasteiger partial charge in [0.2, 0.25) is 10.0 Å². The highest BCUT2D eigenvalue weighted by Gasteiger charge is 2.37. The molecule has 0 unspecified atom stereocenters. The van der Waals surface area contributed by atoms with Gasteiger partial charge in [-0.2, -0.15) is 0 Å². The number of thiophene rings is 1. The van der Waals surface area contributed by atoms with E-state index in [1.807, 2.05) is 6.07 Å². The number of anilines is 2. The fourth-order valence-electron chi connectivity index (χ4n) is 4.63. The Labute approximate surface area is 213 Å². The number of carbonyl (C=O) groups is 2. The van der Waals surface area contributed by atoms with Gasteiger partial charge in [-0.25, -0.2) is 13.2 Å². The number of ether oxygens (including phenoxy) is 2. The van der Waals surface area contributed by atoms with Crippen LogP contribution < -0.4 is 14.4 Å². The molecule has 8 nitrogen and oxygen atoms in total. The third-order valence-corrected chi connectivity index (χ3v) is 9.28. The van der Waals surface area contributed by atoms with Crippen LogP contribution in [0.5, 0.6) is 5.75 Å². The quantitative estimate of drug-likeness (QED) is 0.484. The number of hydrogen-bond acceptors (Lipinski definition) is 7. The Balaban J connectivity index is 1.43. The highest BCUT2D eigenvalue weighted by Crippen LogP contribution is 2.40. The molecule has 1 amide bonds. The van der Waals surface area contributed by atoms with Crippen molar-refractivity contribution in [2.45, 2.75) is 37.5 Å². The molecule has 0 bridgehead atoms. The Morgan fingerprint density at radius 2 is 1.81 bits per heavy atom. The first-order chi connectivity index (χ1) is 17.4. The average Bonchev–Trinajstić information content (AvgIpc) is 3.25. The molecule has 1 atom stereocenters. The minimum absolute atomic E-state index is 0.184. The monoisotopic (exact) mass is 526 g/mol. The molecule has 2 aliphatic rings. The summed E-state index contributed by atoms with van der Waals surface area (Å²) in [6.45, 7) is -0.184. The molecule has 3 aromatic rings. The first kappa shape index (κ1) is 24.3. The van der Waals surface area contributed by atoms with Crippen LogP contribution >= 0.6 is 11.3 Å². The van der Waals surface area contributed by atoms with Crippen LogP contribution in [-0.4, -0.2) is 40.1 Å². The lowest BCUT2D eigenvalue weighted by molar-refractivity contribution is -0.122. The Morgan fingerprint density at radius 1 is 1.08 bits per heavy atom. The second kappa shape index (κ2) is 9.94. The van der Waals surface area contributed by atoms with Crippen molar-refractivity contribution in [3.63, 3.8) is 0 Å². The lowest BCUT2D eigenvalue weighted by Crippen LogP contribution is -2.49. The zero-order valence-corrected chi connectivity index (χ0v) is 21.4. The first-order valence-corrected chi connectivity index (χ1v) is 14.1. The number of fused-ring (bicyclic) bond motifs is 2. The highest BCUT2D eigenvalue weighted by molar-refractivity contribution is 7.92. The number of rotatable bonds is 6. The zero-order valence-electron chi connectivity index (χ0n) is 19.7. The summed E-state index contributed by atoms with van der Waals surface area (Å²) in [5.74, 6) is -0.917. The number of para-hydroxylation sites is 2. The van der Waals surface area contributed by atoms with E-state index in [-0.39, 0.29) is 12.3 Å². The van der Waals surface area contributed by atoms with Gasteiger partial charge in [0.25, 0.3) is 5.91 Å². The molecule has 10 heteroatoms. The second-order valence-corrected chi connectivity index (χ2v) is 11.7. The fourth-order valence-corrected chi connectivity index (χ4v) is 7.49. The SMILES string of the molecule is COC(=O)c1c(NC(=O)[C@@H]2CN(S(=O)(=O)Cc3ccccc3)c3ccccc3O2)sc2c1CCCC2. The van der Waals surface area contributed by atoms with Gasteiger partial charge in [-0.3, -0.25) is 9.10 Å². The van der Waals surface area contributed by atoms with Gasteiger partial charge in [0.05, 0.1) is 30.7 Å². The number of aryl methyl sites for hydroxylation is 1. The maximum absolute atomic E-state index is 13.4. The maximum Gasteiger partial charge on any atom is 0.341 e. The third-order valence-electron chi connectivity index (χ3n) is 6.35. The topological polar surface area (TPSA) is 102 Å². The van der Waals surface area contributed by atoms with Gasteiger partial charge in [-0.05, 0) is 48.9 Å². The number of amides is 1. The van der Waals surface area contributed by atoms with Gasteiger partial charge < -0.3 is 14.8 Å². The molecule has 188 valence electrons. The van der Waals surface area contributed by atoms with Crippen molar-refractivity contribution in [3.8, 4) is 5.75 Å². The first-order valence-electron chi connectivity index (χ1n) is 11.7. The number of methoxy groups -OCH3 is 1. The summed E-state index contributed by atoms with van der Waals surface area (Å²) in [4.78, 5) is 27.0. The van der Waals surface area contributed by atoms with Crippen LogP contribution in [0.4, 0.5) is 10.7 Å². The Kier molecular flexibility index (Phi) is 6.72. The van der Waals surface area contributed by atoms with Crippen molar-refractivity contribution >= 4 is 43.9 Å². The number of nitrogens with zero attached hydrogens (tertiary/aromatic N) is 1. The fraction of sp³-hybridized carbons (Fsp3) is 0.308. The van der Waals surface area contributed by atoms with E-state index in [4.69, 9.17) is 9.47 Å². The largest absolute Gasteiger partial charge is 0.476 e. The zero-order chi connectivity index (χ0) is 25.3. The lowest BCUT2D eigenvalue weighted by Gasteiger charge is -2.34. The Morgan fingerprint density at radius 3 is 2.58 bits per heavy atom. The third kappa shape index (κ3) is 4.70. The molecular weight excluding hydrogens is 500 g/mol. The van der Waals surface area contributed by atoms with Crippen molar-refractivity contribution in [2.75, 3.05) is 23.3 Å². The van der Waals surface area contributed by atoms with E-state index in [2.05, 4.69) is 5.32 Å². The molecule has 1 aliphatic heterocycles. The molecule has 0 spiro atoms. The number of hydrogen-bond donors (Lipinski definition) is 1. The van der Waals surface area contributed by atoms with Gasteiger partial charge in [0.1, 0.15) is 10.8 Å². The summed E-state index contributed by atoms with van der Waals surface area (Å²) >= 11 is 1.37. The van der Waals surface area contributed by atoms with Crippen molar-refractivity contribution in [1.82, 2.24) is 0 Å². The normalized spacial score (nSPS) is 16.9. The van der Waals surface area contributed by atoms with E-state index in [0.717, 1.165) is 36.1 Å². The van der Waals surface area contributed by atoms with Gasteiger partial charge in [-0.1, -0.05) is 42.5 Å². The molecule has 0 saturated carbocycles. The molecule has 5 rings (SSSR count). The van der Waals surface area contributed by atoms with Crippen LogP contribution in [0.3, 0.4) is 0 Å². The standard InChI is InChI=1S/C26H26N2O6S2/c1-33-26(30)23-18-11-5-8-14-22(18)35-25(23)27-24(29)21-15-28(19-12-6-7-13-20(19)34-21)36(31,32)16-17-9-3-2-4-10-17/h2-4,6-7,9-10,12-13,21H,5,8,11,14-16H2,1H3,(H,27,29)/t21-/m0/s1. The van der Waals surface area contributed by atoms with Crippen molar-refractivity contribution < 1.29 is 27.5 Å². The van der Waals surface area contributed by atoms with E-state index >= 15 is 0 Å². The summed E-state index contributed by atoms with van der Waals surface area (Å²) in [7, 11) is -2.50. The van der Waals surface area contributed by atoms with Crippen LogP contribution in [0.1, 0.15) is 39.2 Å². The summed E-state index contributed by atoms with van der Waals surface area (Å²) in [5, 5.41) is 3.25. The minimum atomic E-state index is -3.82. The van der Waals surface area contributed by atoms with E-state index in [1.54, 1.807) is 48.5 Å². The number of benzene rings is 2. The van der Waals surface area contributed by atoms with Gasteiger partial charge in [0.15, 0.2) is 6.10 Å². The predicted octanol–water partition coefficient (Wildman–Crippen LogP) is 4.15. The van der Waals surface area contributed by atoms with Gasteiger partial charge in [-0.15, -0.1) is 11.3 Å². The van der Waals surface area contributed by atoms with Crippen LogP contribution in [0.15, 0.2) is 54.6 Å². The van der Waals surface area contributed by atoms with Crippen molar-refractivity contribution in [2.24, 2.45) is 0 Å². The summed E-state index contributed by atoms with van der Waals surface area (Å²) in [6, 6.07) is 15.7.